The fourth-order valence-corrected chi connectivity index (χ4v) is 5.69. The number of likely N-dealkylation sites (tertiary alicyclic amines) is 2. The minimum absolute atomic E-state index is 0.0183. The molecule has 2 aromatic rings. The molecule has 0 aliphatic carbocycles. The van der Waals surface area contributed by atoms with E-state index in [2.05, 4.69) is 28.4 Å². The van der Waals surface area contributed by atoms with Crippen LogP contribution in [0.4, 0.5) is 0 Å². The Bertz CT molecular complexity index is 1080. The molecule has 3 unspecified atom stereocenters. The average Bonchev–Trinajstić information content (AvgIpc) is 3.64. The predicted molar refractivity (Wildman–Crippen MR) is 131 cm³/mol. The monoisotopic (exact) mass is 472 g/mol. The summed E-state index contributed by atoms with van der Waals surface area (Å²) in [6.07, 6.45) is 1.64. The second-order valence-corrected chi connectivity index (χ2v) is 10.0. The molecule has 3 heterocycles. The third-order valence-electron chi connectivity index (χ3n) is 7.64. The topological polar surface area (TPSA) is 85.7 Å². The van der Waals surface area contributed by atoms with Gasteiger partial charge in [0, 0.05) is 44.9 Å². The highest BCUT2D eigenvalue weighted by Gasteiger charge is 2.41. The molecule has 35 heavy (non-hydrogen) atoms. The summed E-state index contributed by atoms with van der Waals surface area (Å²) in [6.45, 7) is 5.55. The lowest BCUT2D eigenvalue weighted by Crippen LogP contribution is -2.37. The number of carbonyl (C=O) groups excluding carboxylic acids is 2. The molecule has 3 fully saturated rings. The van der Waals surface area contributed by atoms with Crippen LogP contribution in [0.3, 0.4) is 0 Å². The molecule has 3 aliphatic rings. The maximum Gasteiger partial charge on any atom is 0.253 e. The smallest absolute Gasteiger partial charge is 0.253 e. The molecule has 3 aliphatic heterocycles. The number of carbonyl (C=O) groups is 2. The van der Waals surface area contributed by atoms with E-state index in [0.717, 1.165) is 51.1 Å². The van der Waals surface area contributed by atoms with Crippen molar-refractivity contribution in [1.29, 1.82) is 5.26 Å². The Morgan fingerprint density at radius 2 is 1.83 bits per heavy atom. The van der Waals surface area contributed by atoms with E-state index < -0.39 is 0 Å². The Morgan fingerprint density at radius 3 is 2.51 bits per heavy atom. The lowest BCUT2D eigenvalue weighted by molar-refractivity contribution is -0.125. The molecule has 0 radical (unpaired) electrons. The van der Waals surface area contributed by atoms with Crippen molar-refractivity contribution >= 4 is 11.8 Å². The van der Waals surface area contributed by atoms with Gasteiger partial charge < -0.3 is 19.9 Å². The van der Waals surface area contributed by atoms with Crippen molar-refractivity contribution in [3.05, 3.63) is 71.3 Å². The van der Waals surface area contributed by atoms with E-state index >= 15 is 0 Å². The normalized spacial score (nSPS) is 24.7. The van der Waals surface area contributed by atoms with Crippen LogP contribution < -0.4 is 5.32 Å². The highest BCUT2D eigenvalue weighted by Crippen LogP contribution is 2.32. The van der Waals surface area contributed by atoms with Gasteiger partial charge >= 0.3 is 0 Å². The summed E-state index contributed by atoms with van der Waals surface area (Å²) in [4.78, 5) is 30.2. The van der Waals surface area contributed by atoms with Crippen molar-refractivity contribution in [2.24, 2.45) is 17.8 Å². The highest BCUT2D eigenvalue weighted by molar-refractivity contribution is 5.94. The lowest BCUT2D eigenvalue weighted by atomic mass is 10.0. The molecule has 3 saturated heterocycles. The number of rotatable bonds is 7. The zero-order valence-electron chi connectivity index (χ0n) is 19.9. The highest BCUT2D eigenvalue weighted by atomic mass is 16.5. The molecule has 4 atom stereocenters. The summed E-state index contributed by atoms with van der Waals surface area (Å²) >= 11 is 0. The van der Waals surface area contributed by atoms with E-state index in [4.69, 9.17) is 10.00 Å². The molecule has 0 aromatic heterocycles. The average molecular weight is 473 g/mol. The van der Waals surface area contributed by atoms with Crippen LogP contribution in [0.15, 0.2) is 54.6 Å². The Labute approximate surface area is 206 Å². The van der Waals surface area contributed by atoms with E-state index in [1.54, 1.807) is 24.3 Å². The number of hydrogen-bond donors (Lipinski definition) is 1. The van der Waals surface area contributed by atoms with E-state index in [1.165, 1.54) is 0 Å². The molecule has 0 spiro atoms. The number of fused-ring (bicyclic) bond motifs is 1. The maximum absolute atomic E-state index is 13.0. The maximum atomic E-state index is 13.0. The van der Waals surface area contributed by atoms with Crippen molar-refractivity contribution < 1.29 is 14.3 Å². The minimum atomic E-state index is -0.0512. The molecular weight excluding hydrogens is 440 g/mol. The number of nitrogens with one attached hydrogen (secondary N) is 1. The van der Waals surface area contributed by atoms with Gasteiger partial charge in [0.25, 0.3) is 5.91 Å². The summed E-state index contributed by atoms with van der Waals surface area (Å²) in [5, 5.41) is 12.4. The molecule has 0 bridgehead atoms. The first-order valence-corrected chi connectivity index (χ1v) is 12.6. The van der Waals surface area contributed by atoms with Gasteiger partial charge in [0.1, 0.15) is 0 Å². The van der Waals surface area contributed by atoms with Crippen LogP contribution in [0.25, 0.3) is 0 Å². The van der Waals surface area contributed by atoms with Crippen LogP contribution in [0.1, 0.15) is 40.4 Å². The van der Waals surface area contributed by atoms with Gasteiger partial charge in [0.05, 0.1) is 30.2 Å². The number of benzene rings is 2. The zero-order valence-corrected chi connectivity index (χ0v) is 19.9. The van der Waals surface area contributed by atoms with Crippen LogP contribution in [-0.2, 0) is 9.53 Å². The Balaban J connectivity index is 1.15. The predicted octanol–water partition coefficient (Wildman–Crippen LogP) is 2.85. The van der Waals surface area contributed by atoms with Crippen molar-refractivity contribution in [1.82, 2.24) is 15.1 Å². The second kappa shape index (κ2) is 10.6. The zero-order chi connectivity index (χ0) is 24.2. The summed E-state index contributed by atoms with van der Waals surface area (Å²) in [7, 11) is 0. The van der Waals surface area contributed by atoms with Crippen LogP contribution in [0, 0.1) is 29.1 Å². The lowest BCUT2D eigenvalue weighted by Gasteiger charge is -2.25. The minimum Gasteiger partial charge on any atom is -0.381 e. The number of ether oxygens (including phenoxy) is 1. The summed E-state index contributed by atoms with van der Waals surface area (Å²) in [5.41, 5.74) is 2.24. The van der Waals surface area contributed by atoms with Crippen molar-refractivity contribution in [3.8, 4) is 6.07 Å². The fourth-order valence-electron chi connectivity index (χ4n) is 5.69. The van der Waals surface area contributed by atoms with Crippen LogP contribution in [0.2, 0.25) is 0 Å². The summed E-state index contributed by atoms with van der Waals surface area (Å²) in [6, 6.07) is 19.3. The second-order valence-electron chi connectivity index (χ2n) is 10.0. The molecule has 1 N–H and O–H groups in total. The number of hydrogen-bond acceptors (Lipinski definition) is 5. The van der Waals surface area contributed by atoms with Crippen LogP contribution in [-0.4, -0.2) is 67.6 Å². The van der Waals surface area contributed by atoms with Gasteiger partial charge in [0.15, 0.2) is 0 Å². The van der Waals surface area contributed by atoms with E-state index in [-0.39, 0.29) is 23.8 Å². The number of amides is 2. The molecular formula is C28H32N4O3. The first-order valence-electron chi connectivity index (χ1n) is 12.6. The molecule has 2 amide bonds. The number of nitrogens with zero attached hydrogens (tertiary/aromatic N) is 3. The molecule has 182 valence electrons. The van der Waals surface area contributed by atoms with Gasteiger partial charge in [-0.05, 0) is 48.4 Å². The third-order valence-corrected chi connectivity index (χ3v) is 7.64. The number of nitriles is 1. The largest absolute Gasteiger partial charge is 0.381 e. The van der Waals surface area contributed by atoms with Gasteiger partial charge in [-0.1, -0.05) is 36.4 Å². The van der Waals surface area contributed by atoms with Gasteiger partial charge in [0.2, 0.25) is 5.91 Å². The van der Waals surface area contributed by atoms with Crippen LogP contribution in [0.5, 0.6) is 0 Å². The Morgan fingerprint density at radius 1 is 1.06 bits per heavy atom. The SMILES string of the molecule is N#Cc1cccc(C(=O)N2CC3CN(CC[C@H](NC(=O)C4CCOC4)c4ccccc4)CC3C2)c1. The van der Waals surface area contributed by atoms with Crippen molar-refractivity contribution in [2.75, 3.05) is 45.9 Å². The third kappa shape index (κ3) is 5.39. The van der Waals surface area contributed by atoms with Gasteiger partial charge in [-0.15, -0.1) is 0 Å². The Hall–Kier alpha value is -3.21. The van der Waals surface area contributed by atoms with E-state index in [0.29, 0.717) is 36.2 Å². The molecule has 2 aromatic carbocycles. The quantitative estimate of drug-likeness (QED) is 0.670. The fraction of sp³-hybridized carbons (Fsp3) is 0.464. The van der Waals surface area contributed by atoms with Crippen molar-refractivity contribution in [3.63, 3.8) is 0 Å². The first kappa shape index (κ1) is 23.5. The molecule has 5 rings (SSSR count). The van der Waals surface area contributed by atoms with E-state index in [1.807, 2.05) is 23.1 Å². The molecule has 7 heteroatoms. The molecule has 7 nitrogen and oxygen atoms in total. The van der Waals surface area contributed by atoms with Crippen LogP contribution >= 0.6 is 0 Å². The van der Waals surface area contributed by atoms with Gasteiger partial charge in [-0.2, -0.15) is 5.26 Å². The first-order chi connectivity index (χ1) is 17.1. The Kier molecular flexibility index (Phi) is 7.12. The summed E-state index contributed by atoms with van der Waals surface area (Å²) < 4.78 is 5.40. The molecule has 0 saturated carbocycles. The summed E-state index contributed by atoms with van der Waals surface area (Å²) in [5.74, 6) is 0.997. The standard InChI is InChI=1S/C28H32N4O3/c29-14-20-5-4-8-22(13-20)28(34)32-17-24-15-31(16-25(24)18-32)11-9-26(21-6-2-1-3-7-21)30-27(33)23-10-12-35-19-23/h1-8,13,23-26H,9-12,15-19H2,(H,30,33)/t23?,24?,25?,26-/m0/s1. The van der Waals surface area contributed by atoms with E-state index in [9.17, 15) is 9.59 Å². The van der Waals surface area contributed by atoms with Gasteiger partial charge in [-0.3, -0.25) is 9.59 Å². The van der Waals surface area contributed by atoms with Crippen molar-refractivity contribution in [2.45, 2.75) is 18.9 Å². The van der Waals surface area contributed by atoms with Gasteiger partial charge in [-0.25, -0.2) is 0 Å².